The molecule has 0 aromatic carbocycles. The summed E-state index contributed by atoms with van der Waals surface area (Å²) in [6, 6.07) is -4.57. The summed E-state index contributed by atoms with van der Waals surface area (Å²) in [5.74, 6) is -2.14. The van der Waals surface area contributed by atoms with Crippen LogP contribution in [0.4, 0.5) is 0 Å². The molecule has 312 valence electrons. The maximum absolute atomic E-state index is 12.4. The molecule has 4 heterocycles. The summed E-state index contributed by atoms with van der Waals surface area (Å²) in [5.41, 5.74) is 0. The second kappa shape index (κ2) is 19.2. The highest BCUT2D eigenvalue weighted by Crippen LogP contribution is 2.33. The van der Waals surface area contributed by atoms with Gasteiger partial charge < -0.3 is 105 Å². The van der Waals surface area contributed by atoms with Crippen LogP contribution >= 0.6 is 0 Å². The van der Waals surface area contributed by atoms with Gasteiger partial charge >= 0.3 is 0 Å². The Morgan fingerprint density at radius 3 is 1.46 bits per heavy atom. The molecule has 0 unspecified atom stereocenters. The second-order valence-corrected chi connectivity index (χ2v) is 13.4. The van der Waals surface area contributed by atoms with Crippen LogP contribution in [0.3, 0.4) is 0 Å². The number of hydrogen-bond donors (Lipinski definition) is 14. The summed E-state index contributed by atoms with van der Waals surface area (Å²) in [6.07, 6.45) is -29.2. The fourth-order valence-corrected chi connectivity index (χ4v) is 6.65. The molecule has 0 bridgehead atoms. The molecule has 24 nitrogen and oxygen atoms in total. The van der Waals surface area contributed by atoms with Gasteiger partial charge in [-0.2, -0.15) is 0 Å². The Morgan fingerprint density at radius 2 is 0.907 bits per heavy atom. The fourth-order valence-electron chi connectivity index (χ4n) is 6.65. The molecule has 14 N–H and O–H groups in total. The number of aliphatic hydroxyl groups is 11. The van der Waals surface area contributed by atoms with E-state index in [2.05, 4.69) is 16.0 Å². The Kier molecular flexibility index (Phi) is 15.8. The molecule has 4 aliphatic rings. The molecule has 54 heavy (non-hydrogen) atoms. The lowest BCUT2D eigenvalue weighted by atomic mass is 9.93. The molecule has 0 aromatic heterocycles. The van der Waals surface area contributed by atoms with Crippen LogP contribution in [-0.2, 0) is 47.5 Å². The highest BCUT2D eigenvalue weighted by Gasteiger charge is 2.55. The van der Waals surface area contributed by atoms with E-state index in [1.807, 2.05) is 0 Å². The molecular weight excluding hydrogens is 738 g/mol. The van der Waals surface area contributed by atoms with Gasteiger partial charge in [-0.05, 0) is 0 Å². The van der Waals surface area contributed by atoms with Crippen LogP contribution < -0.4 is 16.0 Å². The van der Waals surface area contributed by atoms with E-state index in [0.29, 0.717) is 0 Å². The highest BCUT2D eigenvalue weighted by molar-refractivity contribution is 5.74. The molecule has 4 fully saturated rings. The number of aliphatic hydroxyl groups excluding tert-OH is 11. The molecule has 24 heteroatoms. The minimum Gasteiger partial charge on any atom is -0.394 e. The average molecular weight is 790 g/mol. The van der Waals surface area contributed by atoms with E-state index in [1.54, 1.807) is 0 Å². The highest BCUT2D eigenvalue weighted by atomic mass is 16.7. The van der Waals surface area contributed by atoms with Crippen LogP contribution in [-0.4, -0.2) is 223 Å². The molecule has 4 saturated heterocycles. The molecule has 4 rings (SSSR count). The first-order valence-corrected chi connectivity index (χ1v) is 17.1. The summed E-state index contributed by atoms with van der Waals surface area (Å²) < 4.78 is 39.8. The Bertz CT molecular complexity index is 1250. The molecule has 4 aliphatic heterocycles. The molecule has 0 spiro atoms. The first kappa shape index (κ1) is 44.4. The third kappa shape index (κ3) is 9.97. The molecular formula is C30H51N3O21. The lowest BCUT2D eigenvalue weighted by Gasteiger charge is -2.50. The first-order valence-electron chi connectivity index (χ1n) is 17.1. The summed E-state index contributed by atoms with van der Waals surface area (Å²) in [5, 5.41) is 122. The zero-order chi connectivity index (χ0) is 40.2. The van der Waals surface area contributed by atoms with Gasteiger partial charge in [0.15, 0.2) is 25.2 Å². The summed E-state index contributed by atoms with van der Waals surface area (Å²) in [6.45, 7) is 0.0715. The van der Waals surface area contributed by atoms with Gasteiger partial charge in [0.05, 0.1) is 26.4 Å². The van der Waals surface area contributed by atoms with E-state index in [0.717, 1.165) is 20.8 Å². The van der Waals surface area contributed by atoms with Crippen LogP contribution in [0.25, 0.3) is 0 Å². The van der Waals surface area contributed by atoms with Crippen LogP contribution in [0, 0.1) is 0 Å². The number of rotatable bonds is 13. The topological polar surface area (TPSA) is 374 Å². The summed E-state index contributed by atoms with van der Waals surface area (Å²) >= 11 is 0. The summed E-state index contributed by atoms with van der Waals surface area (Å²) in [4.78, 5) is 36.5. The van der Waals surface area contributed by atoms with Crippen molar-refractivity contribution in [3.05, 3.63) is 0 Å². The van der Waals surface area contributed by atoms with Crippen molar-refractivity contribution in [1.29, 1.82) is 0 Å². The Balaban J connectivity index is 1.62. The van der Waals surface area contributed by atoms with Gasteiger partial charge in [-0.3, -0.25) is 14.4 Å². The Hall–Kier alpha value is -2.31. The van der Waals surface area contributed by atoms with Gasteiger partial charge in [0, 0.05) is 20.8 Å². The second-order valence-electron chi connectivity index (χ2n) is 13.4. The monoisotopic (exact) mass is 789 g/mol. The van der Waals surface area contributed by atoms with Crippen molar-refractivity contribution >= 4 is 17.7 Å². The van der Waals surface area contributed by atoms with E-state index >= 15 is 0 Å². The molecule has 0 aliphatic carbocycles. The third-order valence-electron chi connectivity index (χ3n) is 9.39. The van der Waals surface area contributed by atoms with Crippen LogP contribution in [0.2, 0.25) is 0 Å². The largest absolute Gasteiger partial charge is 0.394 e. The lowest BCUT2D eigenvalue weighted by molar-refractivity contribution is -0.358. The number of ether oxygens (including phenoxy) is 7. The lowest BCUT2D eigenvalue weighted by Crippen LogP contribution is -2.71. The normalized spacial score (nSPS) is 45.7. The standard InChI is InChI=1S/C30H51N3O21/c1-8(37)31-15-22(44)18(40)11(4-34)50-28(15)48-7-14-21(43)25(16(27(47)49-14)32-9(2)38)53-29-17(33-10(3)39)26(20(42)13(6-36)51-29)54-30-24(46)23(45)19(41)12(5-35)52-30/h11-30,34-36,40-47H,4-7H2,1-3H3,(H,31,37)(H,32,38)(H,33,39)/t11-,12-,13-,14-,15-,16-,17-,18-,19+,20-,21+,22-,23+,24-,25-,26-,27+,28-,29+,30+/m1/s1. The van der Waals surface area contributed by atoms with Gasteiger partial charge in [0.1, 0.15) is 97.5 Å². The van der Waals surface area contributed by atoms with Gasteiger partial charge in [-0.1, -0.05) is 0 Å². The predicted octanol–water partition coefficient (Wildman–Crippen LogP) is -9.32. The number of nitrogens with one attached hydrogen (secondary N) is 3. The smallest absolute Gasteiger partial charge is 0.217 e. The third-order valence-corrected chi connectivity index (χ3v) is 9.39. The minimum absolute atomic E-state index is 0.650. The van der Waals surface area contributed by atoms with E-state index in [9.17, 15) is 70.6 Å². The van der Waals surface area contributed by atoms with Crippen molar-refractivity contribution in [1.82, 2.24) is 16.0 Å². The maximum atomic E-state index is 12.4. The number of carbonyl (C=O) groups is 3. The minimum atomic E-state index is -1.96. The van der Waals surface area contributed by atoms with E-state index in [-0.39, 0.29) is 0 Å². The quantitative estimate of drug-likeness (QED) is 0.0823. The van der Waals surface area contributed by atoms with Gasteiger partial charge in [-0.25, -0.2) is 0 Å². The predicted molar refractivity (Wildman–Crippen MR) is 169 cm³/mol. The Morgan fingerprint density at radius 1 is 0.481 bits per heavy atom. The maximum Gasteiger partial charge on any atom is 0.217 e. The van der Waals surface area contributed by atoms with Gasteiger partial charge in [0.2, 0.25) is 17.7 Å². The van der Waals surface area contributed by atoms with Crippen molar-refractivity contribution in [2.24, 2.45) is 0 Å². The number of hydrogen-bond acceptors (Lipinski definition) is 21. The van der Waals surface area contributed by atoms with Crippen molar-refractivity contribution in [2.75, 3.05) is 26.4 Å². The zero-order valence-electron chi connectivity index (χ0n) is 29.4. The Labute approximate surface area is 307 Å². The molecule has 20 atom stereocenters. The fraction of sp³-hybridized carbons (Fsp3) is 0.900. The van der Waals surface area contributed by atoms with Gasteiger partial charge in [0.25, 0.3) is 0 Å². The van der Waals surface area contributed by atoms with E-state index < -0.39 is 167 Å². The number of carbonyl (C=O) groups excluding carboxylic acids is 3. The van der Waals surface area contributed by atoms with Crippen molar-refractivity contribution < 1.29 is 104 Å². The first-order chi connectivity index (χ1) is 25.4. The van der Waals surface area contributed by atoms with Crippen molar-refractivity contribution in [3.8, 4) is 0 Å². The van der Waals surface area contributed by atoms with Crippen molar-refractivity contribution in [3.63, 3.8) is 0 Å². The van der Waals surface area contributed by atoms with E-state index in [4.69, 9.17) is 33.2 Å². The van der Waals surface area contributed by atoms with E-state index in [1.165, 1.54) is 0 Å². The van der Waals surface area contributed by atoms with Crippen LogP contribution in [0.5, 0.6) is 0 Å². The molecule has 0 aromatic rings. The molecule has 0 radical (unpaired) electrons. The average Bonchev–Trinajstić information content (AvgIpc) is 3.11. The van der Waals surface area contributed by atoms with Crippen molar-refractivity contribution in [2.45, 2.75) is 143 Å². The SMILES string of the molecule is CC(=O)N[C@@H]1[C@@H](O[C@@H]2O[C@H](CO)[C@@H](O)[C@H](O[C@@H]3O[C@H](CO)[C@H](O)[C@H](O)[C@H]3O)[C@H]2NC(C)=O)[C@@H](O)[C@@H](CO[C@@H]2O[C@H](CO)[C@@H](O)[C@H](O)[C@H]2NC(C)=O)O[C@@H]1O. The van der Waals surface area contributed by atoms with Gasteiger partial charge in [-0.15, -0.1) is 0 Å². The molecule has 3 amide bonds. The van der Waals surface area contributed by atoms with Crippen LogP contribution in [0.15, 0.2) is 0 Å². The number of amides is 3. The molecule has 0 saturated carbocycles. The zero-order valence-corrected chi connectivity index (χ0v) is 29.4. The summed E-state index contributed by atoms with van der Waals surface area (Å²) in [7, 11) is 0. The van der Waals surface area contributed by atoms with Crippen LogP contribution in [0.1, 0.15) is 20.8 Å².